The van der Waals surface area contributed by atoms with Crippen molar-refractivity contribution in [1.82, 2.24) is 5.32 Å². The van der Waals surface area contributed by atoms with Crippen LogP contribution in [0.5, 0.6) is 0 Å². The molecule has 0 heterocycles. The highest BCUT2D eigenvalue weighted by molar-refractivity contribution is 5.76. The highest BCUT2D eigenvalue weighted by Gasteiger charge is 2.17. The van der Waals surface area contributed by atoms with Crippen LogP contribution in [0.2, 0.25) is 0 Å². The van der Waals surface area contributed by atoms with E-state index >= 15 is 0 Å². The van der Waals surface area contributed by atoms with Gasteiger partial charge in [0.1, 0.15) is 0 Å². The van der Waals surface area contributed by atoms with Gasteiger partial charge in [0.05, 0.1) is 18.8 Å². The summed E-state index contributed by atoms with van der Waals surface area (Å²) in [5.41, 5.74) is 0. The second-order valence-electron chi connectivity index (χ2n) is 11.2. The lowest BCUT2D eigenvalue weighted by atomic mass is 10.1. The number of aliphatic hydroxyl groups excluding tert-OH is 2. The number of hydrogen-bond donors (Lipinski definition) is 3. The molecule has 4 nitrogen and oxygen atoms in total. The minimum absolute atomic E-state index is 0.0974. The lowest BCUT2D eigenvalue weighted by Gasteiger charge is -2.19. The van der Waals surface area contributed by atoms with Crippen LogP contribution >= 0.6 is 0 Å². The van der Waals surface area contributed by atoms with Gasteiger partial charge < -0.3 is 15.5 Å². The Morgan fingerprint density at radius 3 is 1.50 bits per heavy atom. The molecule has 0 radical (unpaired) electrons. The monoisotopic (exact) mass is 607 g/mol. The molecular formula is C40H65NO3. The first-order valence-electron chi connectivity index (χ1n) is 17.5. The molecule has 248 valence electrons. The molecule has 0 aliphatic carbocycles. The van der Waals surface area contributed by atoms with Gasteiger partial charge in [-0.2, -0.15) is 0 Å². The zero-order valence-corrected chi connectivity index (χ0v) is 28.1. The van der Waals surface area contributed by atoms with Gasteiger partial charge >= 0.3 is 0 Å². The Morgan fingerprint density at radius 1 is 0.568 bits per heavy atom. The van der Waals surface area contributed by atoms with Crippen molar-refractivity contribution in [2.75, 3.05) is 6.61 Å². The zero-order chi connectivity index (χ0) is 32.2. The van der Waals surface area contributed by atoms with Gasteiger partial charge in [0, 0.05) is 6.42 Å². The number of aliphatic hydroxyl groups is 2. The van der Waals surface area contributed by atoms with Crippen LogP contribution < -0.4 is 5.32 Å². The van der Waals surface area contributed by atoms with E-state index in [1.165, 1.54) is 19.3 Å². The lowest BCUT2D eigenvalue weighted by Crippen LogP contribution is -2.45. The first-order valence-corrected chi connectivity index (χ1v) is 17.5. The molecule has 0 aliphatic rings. The predicted molar refractivity (Wildman–Crippen MR) is 193 cm³/mol. The fourth-order valence-corrected chi connectivity index (χ4v) is 4.39. The van der Waals surface area contributed by atoms with Crippen LogP contribution in [-0.4, -0.2) is 34.9 Å². The van der Waals surface area contributed by atoms with Crippen molar-refractivity contribution in [2.45, 2.75) is 142 Å². The fraction of sp³-hybridized carbons (Fsp3) is 0.575. The lowest BCUT2D eigenvalue weighted by molar-refractivity contribution is -0.123. The van der Waals surface area contributed by atoms with E-state index in [1.54, 1.807) is 6.08 Å². The summed E-state index contributed by atoms with van der Waals surface area (Å²) in [5.74, 6) is -0.0974. The summed E-state index contributed by atoms with van der Waals surface area (Å²) < 4.78 is 0. The highest BCUT2D eigenvalue weighted by Crippen LogP contribution is 2.09. The van der Waals surface area contributed by atoms with Crippen LogP contribution in [0.1, 0.15) is 129 Å². The van der Waals surface area contributed by atoms with Gasteiger partial charge in [-0.1, -0.05) is 143 Å². The average molecular weight is 608 g/mol. The molecule has 4 heteroatoms. The van der Waals surface area contributed by atoms with Crippen molar-refractivity contribution in [2.24, 2.45) is 0 Å². The minimum Gasteiger partial charge on any atom is -0.394 e. The molecule has 0 spiro atoms. The number of amides is 1. The third-order valence-corrected chi connectivity index (χ3v) is 7.07. The van der Waals surface area contributed by atoms with E-state index in [0.29, 0.717) is 6.42 Å². The number of allylic oxidation sites excluding steroid dienone is 15. The average Bonchev–Trinajstić information content (AvgIpc) is 3.03. The molecule has 0 saturated heterocycles. The van der Waals surface area contributed by atoms with E-state index in [-0.39, 0.29) is 12.5 Å². The summed E-state index contributed by atoms with van der Waals surface area (Å²) in [4.78, 5) is 12.2. The summed E-state index contributed by atoms with van der Waals surface area (Å²) in [6.45, 7) is 4.05. The van der Waals surface area contributed by atoms with Crippen molar-refractivity contribution >= 4 is 5.91 Å². The second-order valence-corrected chi connectivity index (χ2v) is 11.2. The first kappa shape index (κ1) is 41.3. The smallest absolute Gasteiger partial charge is 0.220 e. The Balaban J connectivity index is 3.68. The van der Waals surface area contributed by atoms with E-state index in [9.17, 15) is 15.0 Å². The Labute approximate surface area is 271 Å². The molecule has 0 aromatic carbocycles. The van der Waals surface area contributed by atoms with Crippen molar-refractivity contribution in [3.05, 3.63) is 97.2 Å². The molecule has 0 bridgehead atoms. The van der Waals surface area contributed by atoms with Gasteiger partial charge in [0.2, 0.25) is 5.91 Å². The summed E-state index contributed by atoms with van der Waals surface area (Å²) in [6.07, 6.45) is 52.3. The number of nitrogens with one attached hydrogen (secondary N) is 1. The molecule has 2 atom stereocenters. The van der Waals surface area contributed by atoms with Gasteiger partial charge in [-0.05, 0) is 77.0 Å². The molecular weight excluding hydrogens is 542 g/mol. The Morgan fingerprint density at radius 2 is 1.00 bits per heavy atom. The van der Waals surface area contributed by atoms with Gasteiger partial charge in [-0.25, -0.2) is 0 Å². The number of carbonyl (C=O) groups excluding carboxylic acids is 1. The molecule has 2 unspecified atom stereocenters. The fourth-order valence-electron chi connectivity index (χ4n) is 4.39. The first-order chi connectivity index (χ1) is 21.7. The maximum absolute atomic E-state index is 12.2. The summed E-state index contributed by atoms with van der Waals surface area (Å²) >= 11 is 0. The standard InChI is InChI=1S/C40H65NO3/c1-3-5-7-9-10-11-12-13-14-15-16-17-18-19-20-21-22-23-24-25-26-27-28-29-30-32-34-36-40(44)41-38(37-42)39(43)35-33-31-8-6-4-2/h5,7,10-11,13-14,16-17,19-20,22-23,25-26,33,35,38-39,42-43H,3-4,6,8-9,12,15,18,21,24,27-32,34,36-37H2,1-2H3,(H,41,44)/b7-5-,11-10-,14-13-,17-16-,20-19-,23-22-,26-25-,35-33+. The van der Waals surface area contributed by atoms with Crippen LogP contribution in [-0.2, 0) is 4.79 Å². The van der Waals surface area contributed by atoms with Gasteiger partial charge in [-0.15, -0.1) is 0 Å². The normalized spacial score (nSPS) is 14.4. The van der Waals surface area contributed by atoms with Crippen LogP contribution in [0, 0.1) is 0 Å². The maximum atomic E-state index is 12.2. The molecule has 0 aliphatic heterocycles. The number of unbranched alkanes of at least 4 members (excludes halogenated alkanes) is 8. The van der Waals surface area contributed by atoms with E-state index in [2.05, 4.69) is 104 Å². The summed E-state index contributed by atoms with van der Waals surface area (Å²) in [6, 6.07) is -0.635. The molecule has 0 saturated carbocycles. The zero-order valence-electron chi connectivity index (χ0n) is 28.1. The molecule has 0 aromatic heterocycles. The quantitative estimate of drug-likeness (QED) is 0.0585. The van der Waals surface area contributed by atoms with Gasteiger partial charge in [-0.3, -0.25) is 4.79 Å². The number of carbonyl (C=O) groups is 1. The summed E-state index contributed by atoms with van der Waals surface area (Å²) in [7, 11) is 0. The molecule has 0 rings (SSSR count). The second kappa shape index (κ2) is 34.8. The third-order valence-electron chi connectivity index (χ3n) is 7.07. The predicted octanol–water partition coefficient (Wildman–Crippen LogP) is 10.3. The van der Waals surface area contributed by atoms with Gasteiger partial charge in [0.15, 0.2) is 0 Å². The third kappa shape index (κ3) is 30.8. The van der Waals surface area contributed by atoms with Crippen molar-refractivity contribution in [3.63, 3.8) is 0 Å². The molecule has 44 heavy (non-hydrogen) atoms. The molecule has 0 fully saturated rings. The minimum atomic E-state index is -0.849. The van der Waals surface area contributed by atoms with E-state index in [0.717, 1.165) is 89.9 Å². The Bertz CT molecular complexity index is 875. The van der Waals surface area contributed by atoms with E-state index in [4.69, 9.17) is 0 Å². The van der Waals surface area contributed by atoms with Crippen molar-refractivity contribution in [1.29, 1.82) is 0 Å². The van der Waals surface area contributed by atoms with Crippen molar-refractivity contribution in [3.8, 4) is 0 Å². The number of hydrogen-bond acceptors (Lipinski definition) is 3. The van der Waals surface area contributed by atoms with Crippen LogP contribution in [0.4, 0.5) is 0 Å². The van der Waals surface area contributed by atoms with Crippen LogP contribution in [0.3, 0.4) is 0 Å². The Kier molecular flexibility index (Phi) is 32.7. The summed E-state index contributed by atoms with van der Waals surface area (Å²) in [5, 5.41) is 22.5. The topological polar surface area (TPSA) is 69.6 Å². The van der Waals surface area contributed by atoms with Gasteiger partial charge in [0.25, 0.3) is 0 Å². The molecule has 3 N–H and O–H groups in total. The Hall–Kier alpha value is -2.69. The van der Waals surface area contributed by atoms with E-state index < -0.39 is 12.1 Å². The van der Waals surface area contributed by atoms with E-state index in [1.807, 2.05) is 6.08 Å². The maximum Gasteiger partial charge on any atom is 0.220 e. The number of rotatable bonds is 29. The molecule has 1 amide bonds. The highest BCUT2D eigenvalue weighted by atomic mass is 16.3. The van der Waals surface area contributed by atoms with Crippen molar-refractivity contribution < 1.29 is 15.0 Å². The largest absolute Gasteiger partial charge is 0.394 e. The molecule has 0 aromatic rings. The van der Waals surface area contributed by atoms with Crippen LogP contribution in [0.15, 0.2) is 97.2 Å². The van der Waals surface area contributed by atoms with Crippen LogP contribution in [0.25, 0.3) is 0 Å². The SMILES string of the molecule is CC/C=C\C/C=C\C/C=C\C/C=C\C/C=C\C/C=C\C/C=C\CCCCCCCC(=O)NC(CO)C(O)/C=C/CCCCC.